The van der Waals surface area contributed by atoms with Gasteiger partial charge in [0.2, 0.25) is 5.91 Å². The number of hydrogen-bond donors (Lipinski definition) is 4. The number of H-pyrrole nitrogens is 2. The predicted octanol–water partition coefficient (Wildman–Crippen LogP) is 3.61. The van der Waals surface area contributed by atoms with Crippen molar-refractivity contribution >= 4 is 29.3 Å². The summed E-state index contributed by atoms with van der Waals surface area (Å²) in [4.78, 5) is 51.8. The first kappa shape index (κ1) is 32.9. The van der Waals surface area contributed by atoms with Crippen LogP contribution in [-0.4, -0.2) is 70.6 Å². The Kier molecular flexibility index (Phi) is 17.4. The highest BCUT2D eigenvalue weighted by Gasteiger charge is 2.28. The Morgan fingerprint density at radius 2 is 1.72 bits per heavy atom. The highest BCUT2D eigenvalue weighted by molar-refractivity contribution is 5.84. The Morgan fingerprint density at radius 1 is 1.17 bits per heavy atom. The van der Waals surface area contributed by atoms with Crippen LogP contribution in [0.1, 0.15) is 66.7 Å². The fourth-order valence-electron chi connectivity index (χ4n) is 3.33. The highest BCUT2D eigenvalue weighted by Crippen LogP contribution is 2.15. The Balaban J connectivity index is 0.000000629. The molecule has 1 aliphatic heterocycles. The summed E-state index contributed by atoms with van der Waals surface area (Å²) < 4.78 is 5.22. The molecule has 1 fully saturated rings. The molecule has 2 amide bonds. The molecule has 1 unspecified atom stereocenters. The number of carbonyl (C=O) groups is 3. The van der Waals surface area contributed by atoms with Gasteiger partial charge in [0.15, 0.2) is 0 Å². The molecule has 3 rings (SSSR count). The minimum absolute atomic E-state index is 0.107. The van der Waals surface area contributed by atoms with Gasteiger partial charge in [-0.15, -0.1) is 0 Å². The van der Waals surface area contributed by atoms with Crippen LogP contribution in [0.4, 0.5) is 4.79 Å². The van der Waals surface area contributed by atoms with E-state index in [-0.39, 0.29) is 30.3 Å². The van der Waals surface area contributed by atoms with Crippen molar-refractivity contribution in [2.24, 2.45) is 5.92 Å². The molecule has 2 aromatic rings. The topological polar surface area (TPSA) is 145 Å². The standard InChI is InChI=1S/C14H24N2O4.C7H6N2O.C4H10.CH4O/c1-3-6-12(4-2)20-14(19)15-9-13(18)16-8-5-7-11(16)10-17;10-7-8-5-3-1-2-4-6(5)9-7;1-4(2)3;1-2/h10-12H,3-9H2,1-2H3,(H,15,19);1-4H,(H2,8,9,10);4H,1-3H3;2H,1H3/t11-,12?;;;/m0.../s1. The number of aldehydes is 1. The lowest BCUT2D eigenvalue weighted by molar-refractivity contribution is -0.133. The molecule has 4 N–H and O–H groups in total. The molecule has 1 saturated heterocycles. The Morgan fingerprint density at radius 3 is 2.19 bits per heavy atom. The lowest BCUT2D eigenvalue weighted by Gasteiger charge is -2.21. The number of fused-ring (bicyclic) bond motifs is 1. The Labute approximate surface area is 213 Å². The zero-order valence-electron chi connectivity index (χ0n) is 22.5. The second-order valence-electron chi connectivity index (χ2n) is 8.87. The summed E-state index contributed by atoms with van der Waals surface area (Å²) in [6, 6.07) is 7.13. The number of aliphatic hydroxyl groups excluding tert-OH is 1. The number of ether oxygens (including phenoxy) is 1. The fourth-order valence-corrected chi connectivity index (χ4v) is 3.33. The van der Waals surface area contributed by atoms with Crippen molar-refractivity contribution in [3.63, 3.8) is 0 Å². The summed E-state index contributed by atoms with van der Waals surface area (Å²) in [6.07, 6.45) is 4.16. The maximum absolute atomic E-state index is 11.9. The number of aromatic nitrogens is 2. The van der Waals surface area contributed by atoms with Crippen molar-refractivity contribution in [3.05, 3.63) is 34.7 Å². The second kappa shape index (κ2) is 19.1. The second-order valence-corrected chi connectivity index (χ2v) is 8.87. The third-order valence-electron chi connectivity index (χ3n) is 4.92. The van der Waals surface area contributed by atoms with E-state index in [9.17, 15) is 19.2 Å². The molecule has 2 atom stereocenters. The summed E-state index contributed by atoms with van der Waals surface area (Å²) >= 11 is 0. The molecule has 36 heavy (non-hydrogen) atoms. The quantitative estimate of drug-likeness (QED) is 0.421. The number of amides is 2. The number of para-hydroxylation sites is 2. The van der Waals surface area contributed by atoms with Crippen molar-refractivity contribution in [1.29, 1.82) is 0 Å². The zero-order valence-corrected chi connectivity index (χ0v) is 22.5. The fraction of sp³-hybridized carbons (Fsp3) is 0.615. The van der Waals surface area contributed by atoms with E-state index in [0.717, 1.165) is 56.0 Å². The van der Waals surface area contributed by atoms with Crippen LogP contribution in [0.25, 0.3) is 11.0 Å². The smallest absolute Gasteiger partial charge is 0.407 e. The van der Waals surface area contributed by atoms with Crippen LogP contribution in [0.3, 0.4) is 0 Å². The molecule has 0 bridgehead atoms. The maximum atomic E-state index is 11.9. The van der Waals surface area contributed by atoms with Gasteiger partial charge in [-0.05, 0) is 43.7 Å². The van der Waals surface area contributed by atoms with E-state index < -0.39 is 6.09 Å². The average Bonchev–Trinajstić information content (AvgIpc) is 3.49. The first-order valence-electron chi connectivity index (χ1n) is 12.5. The predicted molar refractivity (Wildman–Crippen MR) is 142 cm³/mol. The molecule has 1 aromatic carbocycles. The third kappa shape index (κ3) is 13.1. The first-order chi connectivity index (χ1) is 17.2. The molecule has 204 valence electrons. The number of benzene rings is 1. The summed E-state index contributed by atoms with van der Waals surface area (Å²) in [7, 11) is 1.00. The van der Waals surface area contributed by atoms with Crippen LogP contribution in [0.15, 0.2) is 29.1 Å². The van der Waals surface area contributed by atoms with Crippen LogP contribution >= 0.6 is 0 Å². The number of likely N-dealkylation sites (tertiary alicyclic amines) is 1. The van der Waals surface area contributed by atoms with Gasteiger partial charge in [-0.3, -0.25) is 4.79 Å². The lowest BCUT2D eigenvalue weighted by Crippen LogP contribution is -2.43. The first-order valence-corrected chi connectivity index (χ1v) is 12.5. The lowest BCUT2D eigenvalue weighted by atomic mass is 10.2. The SMILES string of the molecule is CC(C)C.CCCC(CC)OC(=O)NCC(=O)N1CCC[C@H]1C=O.CO.O=c1[nH]c2ccccc2[nH]1. The van der Waals surface area contributed by atoms with Crippen molar-refractivity contribution in [2.75, 3.05) is 20.2 Å². The number of nitrogens with zero attached hydrogens (tertiary/aromatic N) is 1. The number of nitrogens with one attached hydrogen (secondary N) is 3. The van der Waals surface area contributed by atoms with E-state index in [1.165, 1.54) is 4.90 Å². The zero-order chi connectivity index (χ0) is 27.5. The van der Waals surface area contributed by atoms with Crippen LogP contribution in [-0.2, 0) is 14.3 Å². The van der Waals surface area contributed by atoms with E-state index in [2.05, 4.69) is 36.1 Å². The van der Waals surface area contributed by atoms with Gasteiger partial charge in [0.1, 0.15) is 18.9 Å². The molecule has 1 aromatic heterocycles. The summed E-state index contributed by atoms with van der Waals surface area (Å²) in [6.45, 7) is 10.9. The van der Waals surface area contributed by atoms with Crippen LogP contribution in [0, 0.1) is 5.92 Å². The summed E-state index contributed by atoms with van der Waals surface area (Å²) in [5.41, 5.74) is 1.56. The molecule has 0 spiro atoms. The number of imidazole rings is 1. The number of hydrogen-bond acceptors (Lipinski definition) is 6. The number of alkyl carbamates (subject to hydrolysis) is 1. The average molecular weight is 509 g/mol. The number of rotatable bonds is 7. The molecular weight excluding hydrogens is 464 g/mol. The molecule has 10 nitrogen and oxygen atoms in total. The van der Waals surface area contributed by atoms with E-state index >= 15 is 0 Å². The minimum atomic E-state index is -0.569. The van der Waals surface area contributed by atoms with Gasteiger partial charge >= 0.3 is 11.8 Å². The van der Waals surface area contributed by atoms with Crippen molar-refractivity contribution in [3.8, 4) is 0 Å². The largest absolute Gasteiger partial charge is 0.446 e. The van der Waals surface area contributed by atoms with E-state index in [1.54, 1.807) is 0 Å². The van der Waals surface area contributed by atoms with E-state index in [0.29, 0.717) is 13.0 Å². The normalized spacial score (nSPS) is 14.9. The molecule has 1 aliphatic rings. The summed E-state index contributed by atoms with van der Waals surface area (Å²) in [5, 5.41) is 9.46. The van der Waals surface area contributed by atoms with Gasteiger partial charge in [0.05, 0.1) is 17.1 Å². The monoisotopic (exact) mass is 508 g/mol. The van der Waals surface area contributed by atoms with Crippen molar-refractivity contribution in [2.45, 2.75) is 78.9 Å². The van der Waals surface area contributed by atoms with Gasteiger partial charge in [-0.2, -0.15) is 0 Å². The number of aromatic amines is 2. The van der Waals surface area contributed by atoms with E-state index in [1.807, 2.05) is 38.1 Å². The summed E-state index contributed by atoms with van der Waals surface area (Å²) in [5.74, 6) is 0.597. The molecule has 2 heterocycles. The van der Waals surface area contributed by atoms with Crippen LogP contribution in [0.2, 0.25) is 0 Å². The maximum Gasteiger partial charge on any atom is 0.407 e. The molecule has 0 aliphatic carbocycles. The van der Waals surface area contributed by atoms with E-state index in [4.69, 9.17) is 9.84 Å². The number of aliphatic hydroxyl groups is 1. The van der Waals surface area contributed by atoms with Crippen LogP contribution in [0.5, 0.6) is 0 Å². The molecular formula is C26H44N4O6. The van der Waals surface area contributed by atoms with Crippen molar-refractivity contribution in [1.82, 2.24) is 20.2 Å². The van der Waals surface area contributed by atoms with Gasteiger partial charge in [-0.25, -0.2) is 9.59 Å². The highest BCUT2D eigenvalue weighted by atomic mass is 16.6. The van der Waals surface area contributed by atoms with Crippen LogP contribution < -0.4 is 11.0 Å². The van der Waals surface area contributed by atoms with Crippen molar-refractivity contribution < 1.29 is 24.2 Å². The molecule has 10 heteroatoms. The van der Waals surface area contributed by atoms with Gasteiger partial charge in [0.25, 0.3) is 0 Å². The van der Waals surface area contributed by atoms with Gasteiger partial charge < -0.3 is 34.8 Å². The van der Waals surface area contributed by atoms with Gasteiger partial charge in [0, 0.05) is 13.7 Å². The molecule has 0 saturated carbocycles. The third-order valence-corrected chi connectivity index (χ3v) is 4.92. The minimum Gasteiger partial charge on any atom is -0.446 e. The Bertz CT molecular complexity index is 901. The molecule has 0 radical (unpaired) electrons. The van der Waals surface area contributed by atoms with Gasteiger partial charge in [-0.1, -0.05) is 53.2 Å². The Hall–Kier alpha value is -3.14. The number of carbonyl (C=O) groups excluding carboxylic acids is 3.